The van der Waals surface area contributed by atoms with Crippen molar-refractivity contribution in [2.75, 3.05) is 24.7 Å². The third-order valence-corrected chi connectivity index (χ3v) is 4.20. The van der Waals surface area contributed by atoms with Crippen molar-refractivity contribution in [1.82, 2.24) is 9.80 Å². The summed E-state index contributed by atoms with van der Waals surface area (Å²) in [6, 6.07) is -0.538. The van der Waals surface area contributed by atoms with Gasteiger partial charge in [0.15, 0.2) is 0 Å². The summed E-state index contributed by atoms with van der Waals surface area (Å²) in [5.41, 5.74) is -0.135. The summed E-state index contributed by atoms with van der Waals surface area (Å²) in [6.07, 6.45) is 0.377. The minimum absolute atomic E-state index is 0.0442. The molecule has 0 radical (unpaired) electrons. The number of carbonyl (C=O) groups excluding carboxylic acids is 2. The Hall–Kier alpha value is -1.24. The first-order valence-corrected chi connectivity index (χ1v) is 8.19. The van der Waals surface area contributed by atoms with Gasteiger partial charge < -0.3 is 14.9 Å². The molecule has 2 amide bonds. The molecule has 1 saturated heterocycles. The molecule has 1 N–H and O–H groups in total. The Morgan fingerprint density at radius 1 is 1.33 bits per heavy atom. The highest BCUT2D eigenvalue weighted by Gasteiger charge is 2.37. The van der Waals surface area contributed by atoms with Gasteiger partial charge in [-0.2, -0.15) is 0 Å². The Morgan fingerprint density at radius 2 is 1.95 bits per heavy atom. The van der Waals surface area contributed by atoms with E-state index < -0.39 is 12.0 Å². The Kier molecular flexibility index (Phi) is 6.07. The molecule has 1 aliphatic heterocycles. The van der Waals surface area contributed by atoms with Crippen LogP contribution in [0.3, 0.4) is 0 Å². The molecule has 0 bridgehead atoms. The van der Waals surface area contributed by atoms with E-state index in [1.54, 1.807) is 11.8 Å². The predicted molar refractivity (Wildman–Crippen MR) is 81.9 cm³/mol. The van der Waals surface area contributed by atoms with Gasteiger partial charge in [-0.15, -0.1) is 11.8 Å². The van der Waals surface area contributed by atoms with E-state index in [9.17, 15) is 14.4 Å². The van der Waals surface area contributed by atoms with Gasteiger partial charge in [0.2, 0.25) is 11.8 Å². The summed E-state index contributed by atoms with van der Waals surface area (Å²) in [7, 11) is 0. The van der Waals surface area contributed by atoms with Gasteiger partial charge in [-0.3, -0.25) is 14.4 Å². The normalized spacial score (nSPS) is 18.7. The quantitative estimate of drug-likeness (QED) is 0.826. The van der Waals surface area contributed by atoms with E-state index in [0.29, 0.717) is 24.6 Å². The van der Waals surface area contributed by atoms with Crippen LogP contribution in [0.2, 0.25) is 0 Å². The van der Waals surface area contributed by atoms with Crippen LogP contribution in [-0.4, -0.2) is 63.5 Å². The fraction of sp³-hybridized carbons (Fsp3) is 0.786. The number of nitrogens with zero attached hydrogens (tertiary/aromatic N) is 2. The highest BCUT2D eigenvalue weighted by Crippen LogP contribution is 2.27. The maximum absolute atomic E-state index is 12.4. The van der Waals surface area contributed by atoms with Gasteiger partial charge in [0.05, 0.1) is 5.88 Å². The lowest BCUT2D eigenvalue weighted by Gasteiger charge is -2.30. The number of thioether (sulfide) groups is 1. The van der Waals surface area contributed by atoms with E-state index in [4.69, 9.17) is 5.11 Å². The second-order valence-electron chi connectivity index (χ2n) is 6.36. The van der Waals surface area contributed by atoms with Gasteiger partial charge in [0.25, 0.3) is 0 Å². The Labute approximate surface area is 129 Å². The first kappa shape index (κ1) is 17.8. The van der Waals surface area contributed by atoms with Crippen molar-refractivity contribution in [2.24, 2.45) is 5.41 Å². The largest absolute Gasteiger partial charge is 0.480 e. The van der Waals surface area contributed by atoms with Gasteiger partial charge in [0.1, 0.15) is 12.6 Å². The molecule has 1 unspecified atom stereocenters. The topological polar surface area (TPSA) is 77.9 Å². The Morgan fingerprint density at radius 3 is 2.43 bits per heavy atom. The van der Waals surface area contributed by atoms with Crippen LogP contribution in [0.25, 0.3) is 0 Å². The molecule has 0 aromatic rings. The molecule has 0 saturated carbocycles. The first-order valence-electron chi connectivity index (χ1n) is 7.03. The number of rotatable bonds is 5. The molecule has 1 fully saturated rings. The Bertz CT molecular complexity index is 420. The van der Waals surface area contributed by atoms with Crippen LogP contribution in [0.15, 0.2) is 0 Å². The first-order chi connectivity index (χ1) is 9.65. The van der Waals surface area contributed by atoms with Crippen LogP contribution in [0, 0.1) is 5.41 Å². The number of aliphatic carboxylic acids is 1. The lowest BCUT2D eigenvalue weighted by molar-refractivity contribution is -0.148. The Balaban J connectivity index is 2.78. The van der Waals surface area contributed by atoms with E-state index in [0.717, 1.165) is 0 Å². The van der Waals surface area contributed by atoms with Crippen molar-refractivity contribution in [2.45, 2.75) is 40.2 Å². The molecule has 7 heteroatoms. The zero-order valence-corrected chi connectivity index (χ0v) is 13.9. The number of carbonyl (C=O) groups is 3. The summed E-state index contributed by atoms with van der Waals surface area (Å²) in [5.74, 6) is -0.325. The second-order valence-corrected chi connectivity index (χ2v) is 7.36. The number of carboxylic acids is 1. The number of hydrogen-bond donors (Lipinski definition) is 1. The van der Waals surface area contributed by atoms with E-state index in [-0.39, 0.29) is 23.8 Å². The smallest absolute Gasteiger partial charge is 0.323 e. The van der Waals surface area contributed by atoms with E-state index in [2.05, 4.69) is 0 Å². The maximum Gasteiger partial charge on any atom is 0.323 e. The van der Waals surface area contributed by atoms with Crippen molar-refractivity contribution in [3.05, 3.63) is 0 Å². The van der Waals surface area contributed by atoms with Crippen LogP contribution < -0.4 is 0 Å². The summed E-state index contributed by atoms with van der Waals surface area (Å²) in [6.45, 7) is 7.69. The molecule has 1 rings (SSSR count). The number of carboxylic acid groups (broad SMARTS) is 1. The van der Waals surface area contributed by atoms with E-state index in [1.165, 1.54) is 16.7 Å². The highest BCUT2D eigenvalue weighted by molar-refractivity contribution is 7.99. The minimum atomic E-state index is -1.04. The molecule has 0 aromatic heterocycles. The highest BCUT2D eigenvalue weighted by atomic mass is 32.2. The van der Waals surface area contributed by atoms with Crippen LogP contribution in [0.1, 0.15) is 34.1 Å². The van der Waals surface area contributed by atoms with Crippen molar-refractivity contribution in [3.63, 3.8) is 0 Å². The van der Waals surface area contributed by atoms with Crippen LogP contribution in [0.5, 0.6) is 0 Å². The van der Waals surface area contributed by atoms with Crippen molar-refractivity contribution < 1.29 is 19.5 Å². The van der Waals surface area contributed by atoms with Gasteiger partial charge in [-0.1, -0.05) is 20.8 Å². The maximum atomic E-state index is 12.4. The standard InChI is InChI=1S/C14H24N2O4S/c1-5-15(7-12(18)19)13(20)10-8-21-9-16(10)11(17)6-14(2,3)4/h10H,5-9H2,1-4H3,(H,18,19). The molecule has 0 spiro atoms. The minimum Gasteiger partial charge on any atom is -0.480 e. The average molecular weight is 316 g/mol. The molecule has 120 valence electrons. The monoisotopic (exact) mass is 316 g/mol. The fourth-order valence-corrected chi connectivity index (χ4v) is 3.34. The molecule has 1 atom stereocenters. The third-order valence-electron chi connectivity index (χ3n) is 3.19. The average Bonchev–Trinajstić information content (AvgIpc) is 2.81. The zero-order valence-electron chi connectivity index (χ0n) is 13.1. The van der Waals surface area contributed by atoms with Gasteiger partial charge in [0, 0.05) is 18.7 Å². The molecular weight excluding hydrogens is 292 g/mol. The van der Waals surface area contributed by atoms with Crippen molar-refractivity contribution >= 4 is 29.5 Å². The van der Waals surface area contributed by atoms with E-state index in [1.807, 2.05) is 20.8 Å². The molecule has 0 aliphatic carbocycles. The van der Waals surface area contributed by atoms with Crippen LogP contribution in [0.4, 0.5) is 0 Å². The second kappa shape index (κ2) is 7.15. The van der Waals surface area contributed by atoms with Gasteiger partial charge in [-0.25, -0.2) is 0 Å². The molecule has 1 aliphatic rings. The summed E-state index contributed by atoms with van der Waals surface area (Å²) in [4.78, 5) is 38.5. The number of hydrogen-bond acceptors (Lipinski definition) is 4. The zero-order chi connectivity index (χ0) is 16.2. The lowest BCUT2D eigenvalue weighted by Crippen LogP contribution is -2.50. The summed E-state index contributed by atoms with van der Waals surface area (Å²) < 4.78 is 0. The number of amides is 2. The lowest BCUT2D eigenvalue weighted by atomic mass is 9.91. The van der Waals surface area contributed by atoms with Crippen LogP contribution in [-0.2, 0) is 14.4 Å². The summed E-state index contributed by atoms with van der Waals surface area (Å²) in [5, 5.41) is 8.85. The number of likely N-dealkylation sites (N-methyl/N-ethyl adjacent to an activating group) is 1. The van der Waals surface area contributed by atoms with Gasteiger partial charge in [-0.05, 0) is 12.3 Å². The molecule has 0 aromatic carbocycles. The van der Waals surface area contributed by atoms with Crippen molar-refractivity contribution in [1.29, 1.82) is 0 Å². The molecule has 21 heavy (non-hydrogen) atoms. The summed E-state index contributed by atoms with van der Waals surface area (Å²) >= 11 is 1.53. The predicted octanol–water partition coefficient (Wildman–Crippen LogP) is 1.26. The van der Waals surface area contributed by atoms with E-state index >= 15 is 0 Å². The molecule has 6 nitrogen and oxygen atoms in total. The molecule has 1 heterocycles. The SMILES string of the molecule is CCN(CC(=O)O)C(=O)C1CSCN1C(=O)CC(C)(C)C. The molecular formula is C14H24N2O4S. The fourth-order valence-electron chi connectivity index (χ4n) is 2.17. The third kappa shape index (κ3) is 5.22. The van der Waals surface area contributed by atoms with Crippen molar-refractivity contribution in [3.8, 4) is 0 Å². The van der Waals surface area contributed by atoms with Crippen LogP contribution >= 0.6 is 11.8 Å². The van der Waals surface area contributed by atoms with Gasteiger partial charge >= 0.3 is 5.97 Å².